The van der Waals surface area contributed by atoms with Gasteiger partial charge in [-0.1, -0.05) is 24.3 Å². The van der Waals surface area contributed by atoms with Crippen molar-refractivity contribution in [2.45, 2.75) is 19.4 Å². The van der Waals surface area contributed by atoms with Crippen molar-refractivity contribution in [3.63, 3.8) is 0 Å². The van der Waals surface area contributed by atoms with Crippen molar-refractivity contribution in [3.05, 3.63) is 70.8 Å². The van der Waals surface area contributed by atoms with E-state index in [0.717, 1.165) is 23.3 Å². The summed E-state index contributed by atoms with van der Waals surface area (Å²) >= 11 is 0. The van der Waals surface area contributed by atoms with Gasteiger partial charge in [-0.25, -0.2) is 8.78 Å². The number of rotatable bonds is 5. The second-order valence-electron chi connectivity index (χ2n) is 5.18. The van der Waals surface area contributed by atoms with Crippen LogP contribution in [-0.2, 0) is 11.2 Å². The smallest absolute Gasteiger partial charge is 0.254 e. The number of carbonyl (C=O) groups excluding carboxylic acids is 2. The van der Waals surface area contributed by atoms with Gasteiger partial charge in [-0.3, -0.25) is 9.59 Å². The van der Waals surface area contributed by atoms with Crippen molar-refractivity contribution in [2.24, 2.45) is 5.73 Å². The molecule has 0 saturated heterocycles. The standard InChI is InChI=1S/C17H16F2N2O2/c1-10-4-2-3-5-11(10)8-15(16(20)22)21-17(23)13-7-6-12(18)9-14(13)19/h2-7,9,15H,8H2,1H3,(H2,20,22)(H,21,23)/t15-/m0/s1. The minimum absolute atomic E-state index is 0.191. The number of benzene rings is 2. The molecule has 4 nitrogen and oxygen atoms in total. The Kier molecular flexibility index (Phi) is 5.05. The molecule has 2 amide bonds. The number of carbonyl (C=O) groups is 2. The average Bonchev–Trinajstić information content (AvgIpc) is 2.48. The molecule has 0 saturated carbocycles. The Bertz CT molecular complexity index is 747. The maximum atomic E-state index is 13.6. The van der Waals surface area contributed by atoms with Crippen molar-refractivity contribution < 1.29 is 18.4 Å². The Labute approximate surface area is 132 Å². The third kappa shape index (κ3) is 4.12. The van der Waals surface area contributed by atoms with Crippen LogP contribution in [0.5, 0.6) is 0 Å². The van der Waals surface area contributed by atoms with Gasteiger partial charge in [-0.2, -0.15) is 0 Å². The SMILES string of the molecule is Cc1ccccc1C[C@H](NC(=O)c1ccc(F)cc1F)C(N)=O. The van der Waals surface area contributed by atoms with E-state index in [2.05, 4.69) is 5.32 Å². The molecule has 120 valence electrons. The van der Waals surface area contributed by atoms with Crippen LogP contribution in [0.3, 0.4) is 0 Å². The van der Waals surface area contributed by atoms with Gasteiger partial charge in [0, 0.05) is 12.5 Å². The van der Waals surface area contributed by atoms with Gasteiger partial charge in [0.25, 0.3) is 5.91 Å². The van der Waals surface area contributed by atoms with Gasteiger partial charge in [0.15, 0.2) is 0 Å². The number of primary amides is 1. The Morgan fingerprint density at radius 3 is 2.48 bits per heavy atom. The van der Waals surface area contributed by atoms with Crippen molar-refractivity contribution in [3.8, 4) is 0 Å². The Balaban J connectivity index is 2.18. The molecule has 0 aliphatic carbocycles. The quantitative estimate of drug-likeness (QED) is 0.886. The predicted molar refractivity (Wildman–Crippen MR) is 81.7 cm³/mol. The summed E-state index contributed by atoms with van der Waals surface area (Å²) in [7, 11) is 0. The molecule has 1 atom stereocenters. The van der Waals surface area contributed by atoms with Crippen LogP contribution < -0.4 is 11.1 Å². The molecule has 3 N–H and O–H groups in total. The highest BCUT2D eigenvalue weighted by Crippen LogP contribution is 2.12. The van der Waals surface area contributed by atoms with Gasteiger partial charge in [0.1, 0.15) is 17.7 Å². The minimum Gasteiger partial charge on any atom is -0.368 e. The van der Waals surface area contributed by atoms with Gasteiger partial charge in [-0.15, -0.1) is 0 Å². The van der Waals surface area contributed by atoms with Crippen LogP contribution in [0.1, 0.15) is 21.5 Å². The molecule has 0 aliphatic heterocycles. The van der Waals surface area contributed by atoms with E-state index in [-0.39, 0.29) is 12.0 Å². The third-order valence-electron chi connectivity index (χ3n) is 3.51. The minimum atomic E-state index is -0.999. The van der Waals surface area contributed by atoms with E-state index in [1.165, 1.54) is 0 Å². The lowest BCUT2D eigenvalue weighted by Gasteiger charge is -2.17. The van der Waals surface area contributed by atoms with Gasteiger partial charge in [-0.05, 0) is 30.2 Å². The number of nitrogens with one attached hydrogen (secondary N) is 1. The largest absolute Gasteiger partial charge is 0.368 e. The van der Waals surface area contributed by atoms with E-state index in [0.29, 0.717) is 6.07 Å². The van der Waals surface area contributed by atoms with Crippen LogP contribution in [0, 0.1) is 18.6 Å². The van der Waals surface area contributed by atoms with Crippen LogP contribution in [-0.4, -0.2) is 17.9 Å². The maximum absolute atomic E-state index is 13.6. The first-order valence-electron chi connectivity index (χ1n) is 6.98. The van der Waals surface area contributed by atoms with Crippen LogP contribution in [0.4, 0.5) is 8.78 Å². The van der Waals surface area contributed by atoms with E-state index in [4.69, 9.17) is 5.73 Å². The van der Waals surface area contributed by atoms with E-state index < -0.39 is 29.5 Å². The van der Waals surface area contributed by atoms with Crippen molar-refractivity contribution in [2.75, 3.05) is 0 Å². The average molecular weight is 318 g/mol. The summed E-state index contributed by atoms with van der Waals surface area (Å²) in [6.45, 7) is 1.87. The lowest BCUT2D eigenvalue weighted by atomic mass is 10.0. The van der Waals surface area contributed by atoms with Crippen molar-refractivity contribution in [1.29, 1.82) is 0 Å². The second kappa shape index (κ2) is 7.00. The lowest BCUT2D eigenvalue weighted by molar-refractivity contribution is -0.119. The topological polar surface area (TPSA) is 72.2 Å². The second-order valence-corrected chi connectivity index (χ2v) is 5.18. The normalized spacial score (nSPS) is 11.8. The fraction of sp³-hybridized carbons (Fsp3) is 0.176. The lowest BCUT2D eigenvalue weighted by Crippen LogP contribution is -2.46. The van der Waals surface area contributed by atoms with Crippen LogP contribution >= 0.6 is 0 Å². The molecule has 0 unspecified atom stereocenters. The number of amides is 2. The summed E-state index contributed by atoms with van der Waals surface area (Å²) in [5, 5.41) is 2.39. The molecule has 6 heteroatoms. The molecule has 0 bridgehead atoms. The van der Waals surface area contributed by atoms with E-state index >= 15 is 0 Å². The highest BCUT2D eigenvalue weighted by atomic mass is 19.1. The number of halogens is 2. The first-order valence-corrected chi connectivity index (χ1v) is 6.98. The number of aryl methyl sites for hydroxylation is 1. The van der Waals surface area contributed by atoms with E-state index in [9.17, 15) is 18.4 Å². The molecular weight excluding hydrogens is 302 g/mol. The summed E-state index contributed by atoms with van der Waals surface area (Å²) in [5.74, 6) is -3.34. The van der Waals surface area contributed by atoms with E-state index in [1.54, 1.807) is 0 Å². The molecule has 23 heavy (non-hydrogen) atoms. The van der Waals surface area contributed by atoms with Crippen molar-refractivity contribution >= 4 is 11.8 Å². The van der Waals surface area contributed by atoms with Crippen LogP contribution in [0.2, 0.25) is 0 Å². The summed E-state index contributed by atoms with van der Waals surface area (Å²) < 4.78 is 26.5. The number of hydrogen-bond donors (Lipinski definition) is 2. The molecule has 0 fully saturated rings. The van der Waals surface area contributed by atoms with Gasteiger partial charge < -0.3 is 11.1 Å². The molecule has 2 aromatic rings. The summed E-state index contributed by atoms with van der Waals surface area (Å²) in [5.41, 5.74) is 6.76. The first-order chi connectivity index (χ1) is 10.9. The summed E-state index contributed by atoms with van der Waals surface area (Å²) in [6, 6.07) is 8.95. The first kappa shape index (κ1) is 16.6. The zero-order valence-corrected chi connectivity index (χ0v) is 12.5. The fourth-order valence-corrected chi connectivity index (χ4v) is 2.19. The zero-order chi connectivity index (χ0) is 17.0. The monoisotopic (exact) mass is 318 g/mol. The molecular formula is C17H16F2N2O2. The Morgan fingerprint density at radius 1 is 1.17 bits per heavy atom. The number of hydrogen-bond acceptors (Lipinski definition) is 2. The molecule has 0 radical (unpaired) electrons. The molecule has 2 rings (SSSR count). The predicted octanol–water partition coefficient (Wildman–Crippen LogP) is 2.10. The van der Waals surface area contributed by atoms with Crippen molar-refractivity contribution in [1.82, 2.24) is 5.32 Å². The van der Waals surface area contributed by atoms with Gasteiger partial charge in [0.05, 0.1) is 5.56 Å². The molecule has 0 heterocycles. The Hall–Kier alpha value is -2.76. The zero-order valence-electron chi connectivity index (χ0n) is 12.5. The maximum Gasteiger partial charge on any atom is 0.254 e. The van der Waals surface area contributed by atoms with Gasteiger partial charge >= 0.3 is 0 Å². The number of nitrogens with two attached hydrogens (primary N) is 1. The van der Waals surface area contributed by atoms with Gasteiger partial charge in [0.2, 0.25) is 5.91 Å². The molecule has 0 aliphatic rings. The van der Waals surface area contributed by atoms with Crippen LogP contribution in [0.15, 0.2) is 42.5 Å². The molecule has 2 aromatic carbocycles. The summed E-state index contributed by atoms with van der Waals surface area (Å²) in [4.78, 5) is 23.7. The summed E-state index contributed by atoms with van der Waals surface area (Å²) in [6.07, 6.45) is 0.191. The molecule has 0 spiro atoms. The molecule has 0 aromatic heterocycles. The highest BCUT2D eigenvalue weighted by Gasteiger charge is 2.22. The Morgan fingerprint density at radius 2 is 1.87 bits per heavy atom. The highest BCUT2D eigenvalue weighted by molar-refractivity contribution is 5.97. The fourth-order valence-electron chi connectivity index (χ4n) is 2.19. The van der Waals surface area contributed by atoms with Crippen LogP contribution in [0.25, 0.3) is 0 Å². The third-order valence-corrected chi connectivity index (χ3v) is 3.51. The van der Waals surface area contributed by atoms with E-state index in [1.807, 2.05) is 31.2 Å².